The maximum absolute atomic E-state index is 6.28. The second-order valence-corrected chi connectivity index (χ2v) is 6.75. The van der Waals surface area contributed by atoms with Crippen molar-refractivity contribution in [2.45, 2.75) is 39.4 Å². The molecule has 0 aromatic heterocycles. The van der Waals surface area contributed by atoms with Crippen molar-refractivity contribution in [3.63, 3.8) is 0 Å². The van der Waals surface area contributed by atoms with Gasteiger partial charge in [0, 0.05) is 13.7 Å². The highest BCUT2D eigenvalue weighted by Crippen LogP contribution is 2.46. The molecule has 0 bridgehead atoms. The van der Waals surface area contributed by atoms with Crippen molar-refractivity contribution in [3.8, 4) is 5.75 Å². The van der Waals surface area contributed by atoms with E-state index in [1.807, 2.05) is 24.3 Å². The number of benzene rings is 1. The second kappa shape index (κ2) is 7.80. The van der Waals surface area contributed by atoms with Gasteiger partial charge in [0.2, 0.25) is 0 Å². The normalized spacial score (nSPS) is 21.8. The van der Waals surface area contributed by atoms with Gasteiger partial charge in [-0.2, -0.15) is 0 Å². The van der Waals surface area contributed by atoms with Gasteiger partial charge in [0.1, 0.15) is 5.75 Å². The zero-order valence-corrected chi connectivity index (χ0v) is 14.7. The molecule has 2 rings (SSSR count). The van der Waals surface area contributed by atoms with Crippen molar-refractivity contribution in [2.24, 2.45) is 5.41 Å². The summed E-state index contributed by atoms with van der Waals surface area (Å²) in [5.74, 6) is 0.864. The lowest BCUT2D eigenvalue weighted by molar-refractivity contribution is 0.00387. The van der Waals surface area contributed by atoms with E-state index in [1.54, 1.807) is 14.2 Å². The SMILES string of the molecule is C=C1CC(C)(C)C(OCc2ccc(OC)cc2)/C1=C\CCOC. The molecule has 0 saturated heterocycles. The van der Waals surface area contributed by atoms with Crippen LogP contribution in [0.2, 0.25) is 0 Å². The zero-order chi connectivity index (χ0) is 16.9. The van der Waals surface area contributed by atoms with Crippen molar-refractivity contribution in [1.82, 2.24) is 0 Å². The number of rotatable bonds is 7. The molecule has 0 radical (unpaired) electrons. The van der Waals surface area contributed by atoms with Gasteiger partial charge in [0.25, 0.3) is 0 Å². The summed E-state index contributed by atoms with van der Waals surface area (Å²) in [5, 5.41) is 0. The van der Waals surface area contributed by atoms with Gasteiger partial charge in [0.15, 0.2) is 0 Å². The van der Waals surface area contributed by atoms with Crippen LogP contribution in [0, 0.1) is 5.41 Å². The Bertz CT molecular complexity index is 555. The number of hydrogen-bond donors (Lipinski definition) is 0. The van der Waals surface area contributed by atoms with Crippen LogP contribution in [0.3, 0.4) is 0 Å². The van der Waals surface area contributed by atoms with E-state index in [0.29, 0.717) is 6.61 Å². The Morgan fingerprint density at radius 2 is 1.91 bits per heavy atom. The lowest BCUT2D eigenvalue weighted by atomic mass is 9.88. The third-order valence-corrected chi connectivity index (χ3v) is 4.33. The highest BCUT2D eigenvalue weighted by atomic mass is 16.5. The van der Waals surface area contributed by atoms with Crippen molar-refractivity contribution in [3.05, 3.63) is 53.6 Å². The van der Waals surface area contributed by atoms with E-state index in [2.05, 4.69) is 26.5 Å². The average Bonchev–Trinajstić information content (AvgIpc) is 2.74. The molecule has 0 aliphatic heterocycles. The monoisotopic (exact) mass is 316 g/mol. The molecule has 1 aromatic carbocycles. The van der Waals surface area contributed by atoms with E-state index in [1.165, 1.54) is 11.1 Å². The minimum atomic E-state index is 0.0719. The summed E-state index contributed by atoms with van der Waals surface area (Å²) in [6.45, 7) is 10.0. The molecule has 23 heavy (non-hydrogen) atoms. The number of hydrogen-bond acceptors (Lipinski definition) is 3. The van der Waals surface area contributed by atoms with E-state index in [-0.39, 0.29) is 11.5 Å². The van der Waals surface area contributed by atoms with E-state index < -0.39 is 0 Å². The summed E-state index contributed by atoms with van der Waals surface area (Å²) in [6, 6.07) is 8.02. The maximum atomic E-state index is 6.28. The molecular formula is C20H28O3. The van der Waals surface area contributed by atoms with Gasteiger partial charge in [-0.3, -0.25) is 0 Å². The van der Waals surface area contributed by atoms with Crippen LogP contribution < -0.4 is 4.74 Å². The first-order valence-corrected chi connectivity index (χ1v) is 8.09. The fraction of sp³-hybridized carbons (Fsp3) is 0.500. The van der Waals surface area contributed by atoms with E-state index in [9.17, 15) is 0 Å². The minimum absolute atomic E-state index is 0.0719. The predicted octanol–water partition coefficient (Wildman–Crippen LogP) is 4.53. The van der Waals surface area contributed by atoms with Crippen LogP contribution in [0.5, 0.6) is 5.75 Å². The van der Waals surface area contributed by atoms with Crippen LogP contribution in [0.1, 0.15) is 32.3 Å². The average molecular weight is 316 g/mol. The second-order valence-electron chi connectivity index (χ2n) is 6.75. The molecule has 1 unspecified atom stereocenters. The summed E-state index contributed by atoms with van der Waals surface area (Å²) < 4.78 is 16.6. The van der Waals surface area contributed by atoms with Crippen LogP contribution in [0.25, 0.3) is 0 Å². The zero-order valence-electron chi connectivity index (χ0n) is 14.7. The largest absolute Gasteiger partial charge is 0.497 e. The first-order valence-electron chi connectivity index (χ1n) is 8.09. The Morgan fingerprint density at radius 1 is 1.22 bits per heavy atom. The highest BCUT2D eigenvalue weighted by Gasteiger charge is 2.41. The Labute approximate surface area is 139 Å². The van der Waals surface area contributed by atoms with Gasteiger partial charge in [-0.15, -0.1) is 0 Å². The van der Waals surface area contributed by atoms with Crippen molar-refractivity contribution < 1.29 is 14.2 Å². The summed E-state index contributed by atoms with van der Waals surface area (Å²) in [5.41, 5.74) is 3.64. The molecule has 1 fully saturated rings. The molecule has 3 heteroatoms. The summed E-state index contributed by atoms with van der Waals surface area (Å²) in [7, 11) is 3.40. The Kier molecular flexibility index (Phi) is 6.03. The number of ether oxygens (including phenoxy) is 3. The minimum Gasteiger partial charge on any atom is -0.497 e. The van der Waals surface area contributed by atoms with Crippen molar-refractivity contribution in [1.29, 1.82) is 0 Å². The van der Waals surface area contributed by atoms with Crippen molar-refractivity contribution >= 4 is 0 Å². The third-order valence-electron chi connectivity index (χ3n) is 4.33. The third kappa shape index (κ3) is 4.46. The van der Waals surface area contributed by atoms with Gasteiger partial charge < -0.3 is 14.2 Å². The molecule has 0 heterocycles. The van der Waals surface area contributed by atoms with Gasteiger partial charge in [0.05, 0.1) is 19.8 Å². The Morgan fingerprint density at radius 3 is 2.52 bits per heavy atom. The first-order chi connectivity index (χ1) is 11.0. The highest BCUT2D eigenvalue weighted by molar-refractivity contribution is 5.40. The molecule has 1 aromatic rings. The Balaban J connectivity index is 2.06. The molecule has 3 nitrogen and oxygen atoms in total. The van der Waals surface area contributed by atoms with Gasteiger partial charge in [-0.05, 0) is 47.1 Å². The van der Waals surface area contributed by atoms with Gasteiger partial charge >= 0.3 is 0 Å². The van der Waals surface area contributed by atoms with E-state index in [0.717, 1.165) is 30.8 Å². The standard InChI is InChI=1S/C20H28O3/c1-15-13-20(2,3)19(18(15)7-6-12-21-4)23-14-16-8-10-17(22-5)11-9-16/h7-11,19H,1,6,12-14H2,2-5H3/b18-7-. The lowest BCUT2D eigenvalue weighted by Crippen LogP contribution is -2.27. The summed E-state index contributed by atoms with van der Waals surface area (Å²) >= 11 is 0. The number of methoxy groups -OCH3 is 2. The van der Waals surface area contributed by atoms with Gasteiger partial charge in [-0.25, -0.2) is 0 Å². The molecule has 0 N–H and O–H groups in total. The Hall–Kier alpha value is -1.58. The molecule has 1 atom stereocenters. The molecule has 1 saturated carbocycles. The van der Waals surface area contributed by atoms with Crippen molar-refractivity contribution in [2.75, 3.05) is 20.8 Å². The smallest absolute Gasteiger partial charge is 0.118 e. The molecular weight excluding hydrogens is 288 g/mol. The lowest BCUT2D eigenvalue weighted by Gasteiger charge is -2.27. The summed E-state index contributed by atoms with van der Waals surface area (Å²) in [4.78, 5) is 0. The van der Waals surface area contributed by atoms with E-state index in [4.69, 9.17) is 14.2 Å². The topological polar surface area (TPSA) is 27.7 Å². The molecule has 126 valence electrons. The fourth-order valence-electron chi connectivity index (χ4n) is 3.15. The van der Waals surface area contributed by atoms with Crippen LogP contribution >= 0.6 is 0 Å². The van der Waals surface area contributed by atoms with E-state index >= 15 is 0 Å². The fourth-order valence-corrected chi connectivity index (χ4v) is 3.15. The van der Waals surface area contributed by atoms with Crippen LogP contribution in [0.15, 0.2) is 48.1 Å². The van der Waals surface area contributed by atoms with Gasteiger partial charge in [-0.1, -0.05) is 38.6 Å². The molecule has 1 aliphatic carbocycles. The molecule has 0 spiro atoms. The quantitative estimate of drug-likeness (QED) is 0.692. The molecule has 1 aliphatic rings. The van der Waals surface area contributed by atoms with Crippen LogP contribution in [-0.2, 0) is 16.1 Å². The van der Waals surface area contributed by atoms with Crippen LogP contribution in [-0.4, -0.2) is 26.9 Å². The van der Waals surface area contributed by atoms with Crippen LogP contribution in [0.4, 0.5) is 0 Å². The maximum Gasteiger partial charge on any atom is 0.118 e. The predicted molar refractivity (Wildman–Crippen MR) is 93.7 cm³/mol. The molecule has 0 amide bonds. The summed E-state index contributed by atoms with van der Waals surface area (Å²) in [6.07, 6.45) is 4.16. The first kappa shape index (κ1) is 17.8.